The fraction of sp³-hybridized carbons (Fsp3) is 0.0323. The third-order valence-electron chi connectivity index (χ3n) is 13.3. The van der Waals surface area contributed by atoms with E-state index in [4.69, 9.17) is 0 Å². The van der Waals surface area contributed by atoms with Gasteiger partial charge in [0.2, 0.25) is 0 Å². The van der Waals surface area contributed by atoms with Crippen molar-refractivity contribution in [2.75, 3.05) is 4.90 Å². The molecular weight excluding hydrogens is 759 g/mol. The number of fused-ring (bicyclic) bond motifs is 6. The number of nitrogens with zero attached hydrogens (tertiary/aromatic N) is 1. The first-order chi connectivity index (χ1) is 33.0. The van der Waals surface area contributed by atoms with Gasteiger partial charge in [-0.2, -0.15) is 0 Å². The molecule has 0 N–H and O–H groups in total. The van der Waals surface area contributed by atoms with Gasteiger partial charge in [0.1, 0.15) is 0 Å². The molecule has 0 aliphatic heterocycles. The van der Waals surface area contributed by atoms with E-state index < -0.39 is 10.8 Å². The van der Waals surface area contributed by atoms with E-state index in [1.165, 1.54) is 5.56 Å². The standard InChI is InChI=1S/C62H43N/c1-5-21-44(22-6-1)51-29-16-20-36-60(51)63(49-39-37-48(38-40-49)61(45-23-7-2-8-24-45)56-33-17-13-30-52(56)53-31-14-18-34-57(53)61)50-41-42-55-54-32-15-19-35-58(54)62(59(55)43-50,46-25-9-3-10-26-46)47-27-11-4-12-28-47/h1-43H/i37D,38D,39D,40D. The molecule has 63 heavy (non-hydrogen) atoms. The summed E-state index contributed by atoms with van der Waals surface area (Å²) >= 11 is 0. The molecule has 296 valence electrons. The van der Waals surface area contributed by atoms with Gasteiger partial charge in [0.25, 0.3) is 0 Å². The molecule has 0 bridgehead atoms. The molecule has 0 heterocycles. The van der Waals surface area contributed by atoms with Crippen LogP contribution in [0.1, 0.15) is 50.0 Å². The zero-order valence-corrected chi connectivity index (χ0v) is 34.5. The maximum atomic E-state index is 10.3. The summed E-state index contributed by atoms with van der Waals surface area (Å²) < 4.78 is 41.3. The molecular formula is C62H43N. The smallest absolute Gasteiger partial charge is 0.0714 e. The van der Waals surface area contributed by atoms with Gasteiger partial charge in [0.15, 0.2) is 0 Å². The highest BCUT2D eigenvalue weighted by atomic mass is 15.1. The maximum absolute atomic E-state index is 10.3. The summed E-state index contributed by atoms with van der Waals surface area (Å²) in [4.78, 5) is 1.97. The number of anilines is 3. The zero-order chi connectivity index (χ0) is 45.3. The minimum atomic E-state index is -1.14. The maximum Gasteiger partial charge on any atom is 0.0714 e. The molecule has 0 amide bonds. The molecule has 2 aliphatic rings. The predicted molar refractivity (Wildman–Crippen MR) is 261 cm³/mol. The summed E-state index contributed by atoms with van der Waals surface area (Å²) in [6.07, 6.45) is 0. The van der Waals surface area contributed by atoms with Crippen molar-refractivity contribution < 1.29 is 5.48 Å². The molecule has 0 aromatic heterocycles. The summed E-state index contributed by atoms with van der Waals surface area (Å²) in [5.74, 6) is 0. The third kappa shape index (κ3) is 5.50. The first kappa shape index (κ1) is 32.7. The van der Waals surface area contributed by atoms with Crippen LogP contribution in [0.4, 0.5) is 17.1 Å². The normalized spacial score (nSPS) is 14.5. The van der Waals surface area contributed by atoms with E-state index in [0.29, 0.717) is 11.3 Å². The molecule has 10 aromatic rings. The number of hydrogen-bond donors (Lipinski definition) is 0. The Hall–Kier alpha value is -8.00. The lowest BCUT2D eigenvalue weighted by Crippen LogP contribution is -2.29. The van der Waals surface area contributed by atoms with Crippen molar-refractivity contribution in [1.82, 2.24) is 0 Å². The van der Waals surface area contributed by atoms with Crippen molar-refractivity contribution in [1.29, 1.82) is 0 Å². The monoisotopic (exact) mass is 805 g/mol. The van der Waals surface area contributed by atoms with Crippen molar-refractivity contribution in [2.24, 2.45) is 0 Å². The van der Waals surface area contributed by atoms with Crippen LogP contribution in [0.15, 0.2) is 261 Å². The van der Waals surface area contributed by atoms with Crippen molar-refractivity contribution in [3.8, 4) is 33.4 Å². The molecule has 1 nitrogen and oxygen atoms in total. The number of benzene rings is 10. The molecule has 12 rings (SSSR count). The molecule has 0 unspecified atom stereocenters. The Morgan fingerprint density at radius 3 is 1.16 bits per heavy atom. The van der Waals surface area contributed by atoms with Crippen LogP contribution >= 0.6 is 0 Å². The number of hydrogen-bond acceptors (Lipinski definition) is 1. The van der Waals surface area contributed by atoms with Gasteiger partial charge in [-0.25, -0.2) is 0 Å². The Labute approximate surface area is 375 Å². The Bertz CT molecular complexity index is 3400. The summed E-state index contributed by atoms with van der Waals surface area (Å²) in [5.41, 5.74) is 13.5. The van der Waals surface area contributed by atoms with Gasteiger partial charge in [-0.15, -0.1) is 0 Å². The summed E-state index contributed by atoms with van der Waals surface area (Å²) in [5, 5.41) is 0. The number of rotatable bonds is 8. The summed E-state index contributed by atoms with van der Waals surface area (Å²) in [6, 6.07) is 80.8. The van der Waals surface area contributed by atoms with Gasteiger partial charge in [-0.3, -0.25) is 0 Å². The topological polar surface area (TPSA) is 3.24 Å². The molecule has 0 fully saturated rings. The second-order valence-corrected chi connectivity index (χ2v) is 16.4. The average molecular weight is 806 g/mol. The van der Waals surface area contributed by atoms with Crippen LogP contribution < -0.4 is 4.90 Å². The first-order valence-corrected chi connectivity index (χ1v) is 21.6. The number of para-hydroxylation sites is 1. The predicted octanol–water partition coefficient (Wildman–Crippen LogP) is 15.5. The van der Waals surface area contributed by atoms with E-state index in [9.17, 15) is 5.48 Å². The van der Waals surface area contributed by atoms with Crippen LogP contribution in [0.2, 0.25) is 0 Å². The Morgan fingerprint density at radius 1 is 0.286 bits per heavy atom. The summed E-state index contributed by atoms with van der Waals surface area (Å²) in [7, 11) is 0. The largest absolute Gasteiger partial charge is 0.310 e. The molecule has 0 spiro atoms. The van der Waals surface area contributed by atoms with Gasteiger partial charge in [0, 0.05) is 16.9 Å². The van der Waals surface area contributed by atoms with Gasteiger partial charge in [-0.1, -0.05) is 230 Å². The Balaban J connectivity index is 1.18. The minimum Gasteiger partial charge on any atom is -0.310 e. The van der Waals surface area contributed by atoms with Crippen LogP contribution in [0, 0.1) is 0 Å². The highest BCUT2D eigenvalue weighted by Crippen LogP contribution is 2.59. The highest BCUT2D eigenvalue weighted by Gasteiger charge is 2.47. The molecule has 1 heteroatoms. The van der Waals surface area contributed by atoms with E-state index in [2.05, 4.69) is 158 Å². The van der Waals surface area contributed by atoms with E-state index in [0.717, 1.165) is 72.4 Å². The van der Waals surface area contributed by atoms with Gasteiger partial charge in [-0.05, 0) is 103 Å². The fourth-order valence-corrected chi connectivity index (χ4v) is 10.7. The van der Waals surface area contributed by atoms with Crippen molar-refractivity contribution in [3.05, 3.63) is 305 Å². The van der Waals surface area contributed by atoms with Crippen LogP contribution in [-0.4, -0.2) is 0 Å². The SMILES string of the molecule is [2H]c1c([2H])c(C2(c3ccccc3)c3ccccc3-c3ccccc32)c([2H])c([2H])c1N(c1ccc2c(c1)C(c1ccccc1)(c1ccccc1)c1ccccc1-2)c1ccccc1-c1ccccc1. The molecule has 2 aliphatic carbocycles. The minimum absolute atomic E-state index is 0.0926. The van der Waals surface area contributed by atoms with Gasteiger partial charge in [0.05, 0.1) is 22.0 Å². The average Bonchev–Trinajstić information content (AvgIpc) is 3.86. The quantitative estimate of drug-likeness (QED) is 0.148. The molecule has 0 saturated heterocycles. The van der Waals surface area contributed by atoms with E-state index >= 15 is 0 Å². The molecule has 0 atom stereocenters. The van der Waals surface area contributed by atoms with E-state index in [1.807, 2.05) is 83.8 Å². The van der Waals surface area contributed by atoms with E-state index in [1.54, 1.807) is 0 Å². The van der Waals surface area contributed by atoms with E-state index in [-0.39, 0.29) is 29.9 Å². The third-order valence-corrected chi connectivity index (χ3v) is 13.3. The molecule has 10 aromatic carbocycles. The second-order valence-electron chi connectivity index (χ2n) is 16.4. The van der Waals surface area contributed by atoms with Gasteiger partial charge >= 0.3 is 0 Å². The van der Waals surface area contributed by atoms with Crippen LogP contribution in [0.3, 0.4) is 0 Å². The lowest BCUT2D eigenvalue weighted by Gasteiger charge is -2.36. The highest BCUT2D eigenvalue weighted by molar-refractivity contribution is 5.93. The second kappa shape index (κ2) is 14.9. The van der Waals surface area contributed by atoms with Crippen molar-refractivity contribution in [3.63, 3.8) is 0 Å². The van der Waals surface area contributed by atoms with Crippen molar-refractivity contribution >= 4 is 17.1 Å². The fourth-order valence-electron chi connectivity index (χ4n) is 10.7. The first-order valence-electron chi connectivity index (χ1n) is 23.6. The zero-order valence-electron chi connectivity index (χ0n) is 38.5. The van der Waals surface area contributed by atoms with Gasteiger partial charge < -0.3 is 4.90 Å². The Morgan fingerprint density at radius 2 is 0.667 bits per heavy atom. The Kier molecular flexibility index (Phi) is 7.73. The molecule has 0 saturated carbocycles. The summed E-state index contributed by atoms with van der Waals surface area (Å²) in [6.45, 7) is 0. The lowest BCUT2D eigenvalue weighted by molar-refractivity contribution is 0.768. The van der Waals surface area contributed by atoms with Crippen LogP contribution in [0.5, 0.6) is 0 Å². The van der Waals surface area contributed by atoms with Crippen LogP contribution in [0.25, 0.3) is 33.4 Å². The molecule has 0 radical (unpaired) electrons. The lowest BCUT2D eigenvalue weighted by atomic mass is 9.67. The van der Waals surface area contributed by atoms with Crippen molar-refractivity contribution in [2.45, 2.75) is 10.8 Å². The van der Waals surface area contributed by atoms with Crippen LogP contribution in [-0.2, 0) is 10.8 Å².